The average molecular weight is 433 g/mol. The van der Waals surface area contributed by atoms with Gasteiger partial charge < -0.3 is 10.6 Å². The summed E-state index contributed by atoms with van der Waals surface area (Å²) in [4.78, 5) is 4.32. The smallest absolute Gasteiger partial charge is 0.191 e. The van der Waals surface area contributed by atoms with Crippen LogP contribution in [0.1, 0.15) is 31.2 Å². The maximum atomic E-state index is 4.32. The Labute approximate surface area is 156 Å². The maximum Gasteiger partial charge on any atom is 0.191 e. The second-order valence-corrected chi connectivity index (χ2v) is 6.68. The minimum absolute atomic E-state index is 0. The van der Waals surface area contributed by atoms with Gasteiger partial charge in [0.2, 0.25) is 0 Å². The molecule has 5 heteroatoms. The largest absolute Gasteiger partial charge is 0.356 e. The van der Waals surface area contributed by atoms with Crippen molar-refractivity contribution in [2.75, 3.05) is 32.1 Å². The zero-order chi connectivity index (χ0) is 15.0. The van der Waals surface area contributed by atoms with Crippen LogP contribution < -0.4 is 10.6 Å². The number of aliphatic imine (C=N–C) groups is 1. The van der Waals surface area contributed by atoms with Crippen LogP contribution in [-0.2, 0) is 5.41 Å². The Kier molecular flexibility index (Phi) is 9.24. The van der Waals surface area contributed by atoms with Gasteiger partial charge in [0.05, 0.1) is 0 Å². The van der Waals surface area contributed by atoms with Gasteiger partial charge in [-0.3, -0.25) is 4.99 Å². The molecule has 0 saturated heterocycles. The predicted molar refractivity (Wildman–Crippen MR) is 110 cm³/mol. The van der Waals surface area contributed by atoms with Crippen molar-refractivity contribution in [3.8, 4) is 0 Å². The van der Waals surface area contributed by atoms with Crippen LogP contribution in [-0.4, -0.2) is 38.1 Å². The van der Waals surface area contributed by atoms with Crippen molar-refractivity contribution in [3.63, 3.8) is 0 Å². The molecule has 22 heavy (non-hydrogen) atoms. The Morgan fingerprint density at radius 2 is 1.91 bits per heavy atom. The summed E-state index contributed by atoms with van der Waals surface area (Å²) >= 11 is 1.91. The van der Waals surface area contributed by atoms with Gasteiger partial charge in [-0.1, -0.05) is 30.3 Å². The summed E-state index contributed by atoms with van der Waals surface area (Å²) in [6.45, 7) is 1.97. The standard InChI is InChI=1S/C17H27N3S.HI/c1-18-16(19-12-6-7-13-21-2)20-14-17(10-11-17)15-8-4-3-5-9-15;/h3-5,8-9H,6-7,10-14H2,1-2H3,(H2,18,19,20);1H. The highest BCUT2D eigenvalue weighted by molar-refractivity contribution is 14.0. The van der Waals surface area contributed by atoms with Crippen LogP contribution in [0.2, 0.25) is 0 Å². The molecule has 1 aliphatic rings. The first-order valence-corrected chi connectivity index (χ1v) is 9.19. The van der Waals surface area contributed by atoms with Crippen molar-refractivity contribution < 1.29 is 0 Å². The highest BCUT2D eigenvalue weighted by atomic mass is 127. The van der Waals surface area contributed by atoms with Crippen LogP contribution in [0.15, 0.2) is 35.3 Å². The summed E-state index contributed by atoms with van der Waals surface area (Å²) < 4.78 is 0. The Morgan fingerprint density at radius 1 is 1.18 bits per heavy atom. The van der Waals surface area contributed by atoms with Gasteiger partial charge in [-0.05, 0) is 43.3 Å². The molecular weight excluding hydrogens is 405 g/mol. The van der Waals surface area contributed by atoms with Crippen LogP contribution in [0.3, 0.4) is 0 Å². The summed E-state index contributed by atoms with van der Waals surface area (Å²) in [6.07, 6.45) is 7.17. The molecule has 0 atom stereocenters. The minimum Gasteiger partial charge on any atom is -0.356 e. The predicted octanol–water partition coefficient (Wildman–Crippen LogP) is 3.64. The second kappa shape index (κ2) is 10.4. The zero-order valence-electron chi connectivity index (χ0n) is 13.6. The van der Waals surface area contributed by atoms with Crippen molar-refractivity contribution in [2.45, 2.75) is 31.1 Å². The van der Waals surface area contributed by atoms with Crippen molar-refractivity contribution in [3.05, 3.63) is 35.9 Å². The molecule has 0 aromatic heterocycles. The van der Waals surface area contributed by atoms with E-state index in [1.807, 2.05) is 18.8 Å². The monoisotopic (exact) mass is 433 g/mol. The molecule has 1 aromatic rings. The van der Waals surface area contributed by atoms with E-state index >= 15 is 0 Å². The van der Waals surface area contributed by atoms with Crippen LogP contribution in [0.5, 0.6) is 0 Å². The number of guanidine groups is 1. The maximum absolute atomic E-state index is 4.32. The Morgan fingerprint density at radius 3 is 2.50 bits per heavy atom. The summed E-state index contributed by atoms with van der Waals surface area (Å²) in [5.41, 5.74) is 1.78. The van der Waals surface area contributed by atoms with Crippen LogP contribution in [0, 0.1) is 0 Å². The number of hydrogen-bond acceptors (Lipinski definition) is 2. The molecule has 0 spiro atoms. The van der Waals surface area contributed by atoms with Gasteiger partial charge in [0.15, 0.2) is 5.96 Å². The molecule has 1 saturated carbocycles. The van der Waals surface area contributed by atoms with Gasteiger partial charge >= 0.3 is 0 Å². The van der Waals surface area contributed by atoms with E-state index in [4.69, 9.17) is 0 Å². The third-order valence-electron chi connectivity index (χ3n) is 4.13. The van der Waals surface area contributed by atoms with Gasteiger partial charge in [0, 0.05) is 25.6 Å². The topological polar surface area (TPSA) is 36.4 Å². The highest BCUT2D eigenvalue weighted by Crippen LogP contribution is 2.47. The van der Waals surface area contributed by atoms with E-state index in [9.17, 15) is 0 Å². The van der Waals surface area contributed by atoms with Crippen molar-refractivity contribution >= 4 is 41.7 Å². The summed E-state index contributed by atoms with van der Waals surface area (Å²) in [7, 11) is 1.85. The van der Waals surface area contributed by atoms with Gasteiger partial charge in [0.25, 0.3) is 0 Å². The fourth-order valence-corrected chi connectivity index (χ4v) is 3.05. The number of hydrogen-bond donors (Lipinski definition) is 2. The highest BCUT2D eigenvalue weighted by Gasteiger charge is 2.43. The molecule has 1 aromatic carbocycles. The molecular formula is C17H28IN3S. The Balaban J connectivity index is 0.00000242. The van der Waals surface area contributed by atoms with Gasteiger partial charge in [-0.15, -0.1) is 24.0 Å². The quantitative estimate of drug-likeness (QED) is 0.285. The third-order valence-corrected chi connectivity index (χ3v) is 4.82. The van der Waals surface area contributed by atoms with E-state index in [0.717, 1.165) is 19.0 Å². The number of nitrogens with one attached hydrogen (secondary N) is 2. The van der Waals surface area contributed by atoms with Crippen molar-refractivity contribution in [1.82, 2.24) is 10.6 Å². The molecule has 1 fully saturated rings. The molecule has 0 unspecified atom stereocenters. The van der Waals surface area contributed by atoms with Crippen molar-refractivity contribution in [2.24, 2.45) is 4.99 Å². The first-order valence-electron chi connectivity index (χ1n) is 7.80. The lowest BCUT2D eigenvalue weighted by Gasteiger charge is -2.19. The van der Waals surface area contributed by atoms with E-state index in [1.54, 1.807) is 0 Å². The lowest BCUT2D eigenvalue weighted by molar-refractivity contribution is 0.641. The van der Waals surface area contributed by atoms with E-state index in [2.05, 4.69) is 52.2 Å². The van der Waals surface area contributed by atoms with E-state index in [0.29, 0.717) is 5.41 Å². The number of halogens is 1. The lowest BCUT2D eigenvalue weighted by atomic mass is 9.96. The Bertz CT molecular complexity index is 446. The molecule has 2 rings (SSSR count). The number of unbranched alkanes of at least 4 members (excludes halogenated alkanes) is 1. The van der Waals surface area contributed by atoms with Crippen molar-refractivity contribution in [1.29, 1.82) is 0 Å². The molecule has 0 radical (unpaired) electrons. The molecule has 0 bridgehead atoms. The van der Waals surface area contributed by atoms with E-state index < -0.39 is 0 Å². The molecule has 2 N–H and O–H groups in total. The number of rotatable bonds is 8. The first-order chi connectivity index (χ1) is 10.3. The van der Waals surface area contributed by atoms with Gasteiger partial charge in [0.1, 0.15) is 0 Å². The molecule has 124 valence electrons. The summed E-state index contributed by atoms with van der Waals surface area (Å²) in [5.74, 6) is 2.17. The van der Waals surface area contributed by atoms with Crippen LogP contribution >= 0.6 is 35.7 Å². The number of benzene rings is 1. The normalized spacial score (nSPS) is 15.8. The number of thioether (sulfide) groups is 1. The Hall–Kier alpha value is -0.430. The molecule has 3 nitrogen and oxygen atoms in total. The van der Waals surface area contributed by atoms with E-state index in [-0.39, 0.29) is 24.0 Å². The fraction of sp³-hybridized carbons (Fsp3) is 0.588. The fourth-order valence-electron chi connectivity index (χ4n) is 2.56. The van der Waals surface area contributed by atoms with Gasteiger partial charge in [-0.25, -0.2) is 0 Å². The SMILES string of the molecule is CN=C(NCCCCSC)NCC1(c2ccccc2)CC1.I. The molecule has 0 aliphatic heterocycles. The second-order valence-electron chi connectivity index (χ2n) is 5.70. The number of nitrogens with zero attached hydrogens (tertiary/aromatic N) is 1. The lowest BCUT2D eigenvalue weighted by Crippen LogP contribution is -2.41. The zero-order valence-corrected chi connectivity index (χ0v) is 16.7. The molecule has 0 heterocycles. The first kappa shape index (κ1) is 19.6. The summed E-state index contributed by atoms with van der Waals surface area (Å²) in [5, 5.41) is 6.91. The molecule has 0 amide bonds. The minimum atomic E-state index is 0. The van der Waals surface area contributed by atoms with E-state index in [1.165, 1.54) is 37.0 Å². The molecule has 1 aliphatic carbocycles. The third kappa shape index (κ3) is 5.99. The summed E-state index contributed by atoms with van der Waals surface area (Å²) in [6, 6.07) is 10.8. The van der Waals surface area contributed by atoms with Crippen LogP contribution in [0.25, 0.3) is 0 Å². The average Bonchev–Trinajstić information content (AvgIpc) is 3.32. The van der Waals surface area contributed by atoms with Gasteiger partial charge in [-0.2, -0.15) is 11.8 Å². The van der Waals surface area contributed by atoms with Crippen LogP contribution in [0.4, 0.5) is 0 Å².